The number of unbranched alkanes of at least 4 members (excludes halogenated alkanes) is 1. The summed E-state index contributed by atoms with van der Waals surface area (Å²) < 4.78 is 26.8. The molecular weight excluding hydrogens is 440 g/mol. The van der Waals surface area contributed by atoms with E-state index in [2.05, 4.69) is 15.6 Å². The summed E-state index contributed by atoms with van der Waals surface area (Å²) in [5.41, 5.74) is 0.0149. The summed E-state index contributed by atoms with van der Waals surface area (Å²) in [4.78, 5) is 50.0. The second-order valence-corrected chi connectivity index (χ2v) is 8.26. The van der Waals surface area contributed by atoms with Crippen LogP contribution >= 0.6 is 0 Å². The standard InChI is InChI=1S/C20H22N4O7S/c1-2-3-10-21-18(27)13-4-7-15(8-5-13)32(30,31)24-19(28)14-6-9-16(22-11-14)20(29)23-12-17(25)26/h4-9,11H,2-3,10,12H2,1H3,(H,21,27)(H,23,29)(H,24,28)(H,25,26). The van der Waals surface area contributed by atoms with Gasteiger partial charge in [-0.1, -0.05) is 13.3 Å². The first kappa shape index (κ1) is 24.5. The van der Waals surface area contributed by atoms with Crippen LogP contribution in [0, 0.1) is 0 Å². The molecule has 170 valence electrons. The lowest BCUT2D eigenvalue weighted by Crippen LogP contribution is -2.31. The van der Waals surface area contributed by atoms with Gasteiger partial charge in [0.05, 0.1) is 10.5 Å². The lowest BCUT2D eigenvalue weighted by Gasteiger charge is -2.09. The quantitative estimate of drug-likeness (QED) is 0.371. The lowest BCUT2D eigenvalue weighted by atomic mass is 10.2. The van der Waals surface area contributed by atoms with Crippen LogP contribution in [-0.4, -0.2) is 55.3 Å². The number of sulfonamides is 1. The first-order valence-corrected chi connectivity index (χ1v) is 11.0. The van der Waals surface area contributed by atoms with E-state index in [0.717, 1.165) is 25.1 Å². The molecule has 0 unspecified atom stereocenters. The van der Waals surface area contributed by atoms with Gasteiger partial charge in [-0.25, -0.2) is 13.1 Å². The van der Waals surface area contributed by atoms with Crippen molar-refractivity contribution in [3.8, 4) is 0 Å². The highest BCUT2D eigenvalue weighted by atomic mass is 32.2. The van der Waals surface area contributed by atoms with Crippen molar-refractivity contribution in [2.45, 2.75) is 24.7 Å². The van der Waals surface area contributed by atoms with E-state index in [1.54, 1.807) is 0 Å². The zero-order valence-corrected chi connectivity index (χ0v) is 17.9. The predicted octanol–water partition coefficient (Wildman–Crippen LogP) is 0.545. The highest BCUT2D eigenvalue weighted by Gasteiger charge is 2.20. The van der Waals surface area contributed by atoms with Gasteiger partial charge in [0.25, 0.3) is 27.7 Å². The number of pyridine rings is 1. The molecule has 1 heterocycles. The van der Waals surface area contributed by atoms with E-state index in [9.17, 15) is 27.6 Å². The number of aromatic nitrogens is 1. The fourth-order valence-electron chi connectivity index (χ4n) is 2.42. The minimum Gasteiger partial charge on any atom is -0.480 e. The lowest BCUT2D eigenvalue weighted by molar-refractivity contribution is -0.135. The van der Waals surface area contributed by atoms with Crippen molar-refractivity contribution < 1.29 is 32.7 Å². The number of rotatable bonds is 10. The van der Waals surface area contributed by atoms with Crippen LogP contribution in [0.2, 0.25) is 0 Å². The largest absolute Gasteiger partial charge is 0.480 e. The van der Waals surface area contributed by atoms with Gasteiger partial charge in [0.15, 0.2) is 0 Å². The topological polar surface area (TPSA) is 172 Å². The second kappa shape index (κ2) is 11.0. The van der Waals surface area contributed by atoms with Gasteiger partial charge >= 0.3 is 5.97 Å². The third-order valence-corrected chi connectivity index (χ3v) is 5.48. The molecule has 0 radical (unpaired) electrons. The molecule has 12 heteroatoms. The maximum absolute atomic E-state index is 12.5. The number of aliphatic carboxylic acids is 1. The van der Waals surface area contributed by atoms with Crippen LogP contribution < -0.4 is 15.4 Å². The van der Waals surface area contributed by atoms with Gasteiger partial charge < -0.3 is 15.7 Å². The van der Waals surface area contributed by atoms with Crippen LogP contribution in [0.15, 0.2) is 47.5 Å². The number of carbonyl (C=O) groups excluding carboxylic acids is 3. The Bertz CT molecular complexity index is 1100. The molecule has 0 saturated heterocycles. The van der Waals surface area contributed by atoms with Crippen molar-refractivity contribution in [1.29, 1.82) is 0 Å². The summed E-state index contributed by atoms with van der Waals surface area (Å²) in [6.07, 6.45) is 2.74. The smallest absolute Gasteiger partial charge is 0.322 e. The Hall–Kier alpha value is -3.80. The molecule has 0 bridgehead atoms. The summed E-state index contributed by atoms with van der Waals surface area (Å²) in [6.45, 7) is 1.91. The normalized spacial score (nSPS) is 10.8. The molecule has 0 aliphatic heterocycles. The number of carbonyl (C=O) groups is 4. The molecule has 0 fully saturated rings. The second-order valence-electron chi connectivity index (χ2n) is 6.58. The highest BCUT2D eigenvalue weighted by Crippen LogP contribution is 2.12. The van der Waals surface area contributed by atoms with Crippen LogP contribution in [0.3, 0.4) is 0 Å². The average Bonchev–Trinajstić information content (AvgIpc) is 2.77. The maximum atomic E-state index is 12.5. The van der Waals surface area contributed by atoms with Crippen molar-refractivity contribution in [3.05, 3.63) is 59.4 Å². The van der Waals surface area contributed by atoms with E-state index in [0.29, 0.717) is 6.54 Å². The Morgan fingerprint density at radius 3 is 2.12 bits per heavy atom. The number of nitrogens with zero attached hydrogens (tertiary/aromatic N) is 1. The van der Waals surface area contributed by atoms with Gasteiger partial charge in [-0.2, -0.15) is 0 Å². The number of carboxylic acids is 1. The maximum Gasteiger partial charge on any atom is 0.322 e. The van der Waals surface area contributed by atoms with Crippen molar-refractivity contribution in [3.63, 3.8) is 0 Å². The van der Waals surface area contributed by atoms with Crippen LogP contribution in [0.4, 0.5) is 0 Å². The molecule has 1 aromatic heterocycles. The van der Waals surface area contributed by atoms with Gasteiger partial charge in [0, 0.05) is 18.3 Å². The van der Waals surface area contributed by atoms with E-state index in [-0.39, 0.29) is 27.6 Å². The highest BCUT2D eigenvalue weighted by molar-refractivity contribution is 7.90. The Morgan fingerprint density at radius 1 is 0.906 bits per heavy atom. The molecule has 0 aliphatic rings. The van der Waals surface area contributed by atoms with Crippen LogP contribution in [0.5, 0.6) is 0 Å². The molecule has 1 aromatic carbocycles. The number of hydrogen-bond donors (Lipinski definition) is 4. The Balaban J connectivity index is 2.03. The van der Waals surface area contributed by atoms with Crippen LogP contribution in [0.1, 0.15) is 51.0 Å². The third kappa shape index (κ3) is 6.87. The molecule has 0 aliphatic carbocycles. The molecule has 3 amide bonds. The fraction of sp³-hybridized carbons (Fsp3) is 0.250. The molecule has 11 nitrogen and oxygen atoms in total. The van der Waals surface area contributed by atoms with Gasteiger partial charge in [-0.3, -0.25) is 24.2 Å². The predicted molar refractivity (Wildman–Crippen MR) is 113 cm³/mol. The Morgan fingerprint density at radius 2 is 1.56 bits per heavy atom. The van der Waals surface area contributed by atoms with Crippen LogP contribution in [-0.2, 0) is 14.8 Å². The zero-order chi connectivity index (χ0) is 23.7. The number of hydrogen-bond acceptors (Lipinski definition) is 7. The summed E-state index contributed by atoms with van der Waals surface area (Å²) in [6, 6.07) is 7.43. The molecule has 0 atom stereocenters. The van der Waals surface area contributed by atoms with Crippen molar-refractivity contribution in [2.24, 2.45) is 0 Å². The minimum atomic E-state index is -4.22. The first-order valence-electron chi connectivity index (χ1n) is 9.55. The van der Waals surface area contributed by atoms with E-state index < -0.39 is 34.4 Å². The summed E-state index contributed by atoms with van der Waals surface area (Å²) >= 11 is 0. The van der Waals surface area contributed by atoms with Gasteiger partial charge in [0.2, 0.25) is 0 Å². The van der Waals surface area contributed by atoms with Gasteiger partial charge in [0.1, 0.15) is 12.2 Å². The summed E-state index contributed by atoms with van der Waals surface area (Å²) in [5, 5.41) is 13.4. The number of benzene rings is 1. The fourth-order valence-corrected chi connectivity index (χ4v) is 3.39. The van der Waals surface area contributed by atoms with E-state index in [1.165, 1.54) is 30.3 Å². The Labute approximate surface area is 184 Å². The number of amides is 3. The van der Waals surface area contributed by atoms with Crippen LogP contribution in [0.25, 0.3) is 0 Å². The zero-order valence-electron chi connectivity index (χ0n) is 17.1. The van der Waals surface area contributed by atoms with Gasteiger partial charge in [-0.05, 0) is 42.8 Å². The Kier molecular flexibility index (Phi) is 8.41. The first-order chi connectivity index (χ1) is 15.1. The summed E-state index contributed by atoms with van der Waals surface area (Å²) in [5.74, 6) is -3.29. The molecule has 0 saturated carbocycles. The molecule has 2 rings (SSSR count). The molecule has 4 N–H and O–H groups in total. The number of carboxylic acid groups (broad SMARTS) is 1. The van der Waals surface area contributed by atoms with Crippen molar-refractivity contribution >= 4 is 33.7 Å². The third-order valence-electron chi connectivity index (χ3n) is 4.13. The molecule has 32 heavy (non-hydrogen) atoms. The van der Waals surface area contributed by atoms with E-state index in [1.807, 2.05) is 11.6 Å². The minimum absolute atomic E-state index is 0.129. The molecule has 0 spiro atoms. The number of nitrogens with one attached hydrogen (secondary N) is 3. The monoisotopic (exact) mass is 462 g/mol. The molecule has 2 aromatic rings. The van der Waals surface area contributed by atoms with Crippen molar-refractivity contribution in [1.82, 2.24) is 20.3 Å². The van der Waals surface area contributed by atoms with E-state index >= 15 is 0 Å². The summed E-state index contributed by atoms with van der Waals surface area (Å²) in [7, 11) is -4.22. The SMILES string of the molecule is CCCCNC(=O)c1ccc(S(=O)(=O)NC(=O)c2ccc(C(=O)NCC(=O)O)nc2)cc1. The van der Waals surface area contributed by atoms with E-state index in [4.69, 9.17) is 5.11 Å². The van der Waals surface area contributed by atoms with Gasteiger partial charge in [-0.15, -0.1) is 0 Å². The average molecular weight is 462 g/mol. The molecular formula is C20H22N4O7S. The van der Waals surface area contributed by atoms with Crippen molar-refractivity contribution in [2.75, 3.05) is 13.1 Å².